The van der Waals surface area contributed by atoms with Crippen LogP contribution in [0.1, 0.15) is 18.5 Å². The zero-order valence-corrected chi connectivity index (χ0v) is 13.1. The molecule has 1 aromatic carbocycles. The quantitative estimate of drug-likeness (QED) is 0.883. The normalized spacial score (nSPS) is 17.7. The van der Waals surface area contributed by atoms with E-state index in [0.29, 0.717) is 12.8 Å². The van der Waals surface area contributed by atoms with E-state index in [1.807, 2.05) is 12.3 Å². The van der Waals surface area contributed by atoms with Crippen LogP contribution in [-0.4, -0.2) is 42.4 Å². The van der Waals surface area contributed by atoms with Gasteiger partial charge in [-0.15, -0.1) is 0 Å². The minimum absolute atomic E-state index is 0.334. The number of piperidine rings is 1. The number of hydrogen-bond acceptors (Lipinski definition) is 5. The molecule has 0 atom stereocenters. The summed E-state index contributed by atoms with van der Waals surface area (Å²) in [6.07, 6.45) is 6.96. The van der Waals surface area contributed by atoms with Crippen LogP contribution in [0.15, 0.2) is 30.7 Å². The van der Waals surface area contributed by atoms with Gasteiger partial charge in [0.2, 0.25) is 6.79 Å². The highest BCUT2D eigenvalue weighted by Gasteiger charge is 2.21. The Morgan fingerprint density at radius 2 is 2.09 bits per heavy atom. The number of aromatic amines is 1. The third-order valence-corrected chi connectivity index (χ3v) is 4.60. The van der Waals surface area contributed by atoms with Crippen molar-refractivity contribution < 1.29 is 9.47 Å². The van der Waals surface area contributed by atoms with Crippen LogP contribution in [0.25, 0.3) is 0 Å². The Labute approximate surface area is 135 Å². The number of anilines is 1. The molecule has 0 aliphatic carbocycles. The Balaban J connectivity index is 1.26. The van der Waals surface area contributed by atoms with E-state index in [9.17, 15) is 0 Å². The van der Waals surface area contributed by atoms with Crippen LogP contribution in [0.3, 0.4) is 0 Å². The molecule has 2 aromatic rings. The van der Waals surface area contributed by atoms with Crippen LogP contribution in [0.4, 0.5) is 5.69 Å². The first kappa shape index (κ1) is 14.4. The van der Waals surface area contributed by atoms with Gasteiger partial charge < -0.3 is 24.7 Å². The maximum Gasteiger partial charge on any atom is 0.231 e. The fourth-order valence-corrected chi connectivity index (χ4v) is 3.26. The molecule has 2 aliphatic rings. The van der Waals surface area contributed by atoms with E-state index in [1.165, 1.54) is 11.4 Å². The lowest BCUT2D eigenvalue weighted by Crippen LogP contribution is -2.43. The van der Waals surface area contributed by atoms with Gasteiger partial charge in [0.05, 0.1) is 6.33 Å². The van der Waals surface area contributed by atoms with Gasteiger partial charge in [0.15, 0.2) is 11.5 Å². The molecule has 0 spiro atoms. The molecule has 1 saturated heterocycles. The maximum absolute atomic E-state index is 5.47. The zero-order valence-electron chi connectivity index (χ0n) is 13.1. The van der Waals surface area contributed by atoms with Crippen LogP contribution < -0.4 is 19.7 Å². The number of nitrogens with zero attached hydrogens (tertiary/aromatic N) is 2. The lowest BCUT2D eigenvalue weighted by Gasteiger charge is -2.34. The summed E-state index contributed by atoms with van der Waals surface area (Å²) in [7, 11) is 0. The van der Waals surface area contributed by atoms with Gasteiger partial charge in [0, 0.05) is 55.7 Å². The molecule has 23 heavy (non-hydrogen) atoms. The van der Waals surface area contributed by atoms with Crippen LogP contribution in [-0.2, 0) is 6.42 Å². The average Bonchev–Trinajstić information content (AvgIpc) is 3.26. The first-order chi connectivity index (χ1) is 11.4. The van der Waals surface area contributed by atoms with Gasteiger partial charge in [-0.2, -0.15) is 0 Å². The molecule has 0 bridgehead atoms. The number of nitrogens with one attached hydrogen (secondary N) is 2. The fourth-order valence-electron chi connectivity index (χ4n) is 3.26. The Morgan fingerprint density at radius 1 is 1.22 bits per heavy atom. The molecule has 0 unspecified atom stereocenters. The maximum atomic E-state index is 5.47. The van der Waals surface area contributed by atoms with Crippen molar-refractivity contribution in [2.45, 2.75) is 25.3 Å². The molecule has 2 N–H and O–H groups in total. The summed E-state index contributed by atoms with van der Waals surface area (Å²) < 4.78 is 10.8. The number of imidazole rings is 1. The van der Waals surface area contributed by atoms with Gasteiger partial charge >= 0.3 is 0 Å². The van der Waals surface area contributed by atoms with Gasteiger partial charge in [0.1, 0.15) is 0 Å². The topological polar surface area (TPSA) is 62.4 Å². The minimum atomic E-state index is 0.334. The van der Waals surface area contributed by atoms with E-state index in [4.69, 9.17) is 9.47 Å². The number of aromatic nitrogens is 2. The molecule has 0 radical (unpaired) electrons. The summed E-state index contributed by atoms with van der Waals surface area (Å²) in [5.74, 6) is 1.71. The molecule has 0 amide bonds. The van der Waals surface area contributed by atoms with Crippen molar-refractivity contribution in [3.63, 3.8) is 0 Å². The molecular weight excluding hydrogens is 292 g/mol. The average molecular weight is 314 g/mol. The van der Waals surface area contributed by atoms with E-state index in [0.717, 1.165) is 50.4 Å². The van der Waals surface area contributed by atoms with E-state index < -0.39 is 0 Å². The van der Waals surface area contributed by atoms with Crippen LogP contribution >= 0.6 is 0 Å². The van der Waals surface area contributed by atoms with Crippen molar-refractivity contribution in [1.29, 1.82) is 0 Å². The standard InChI is InChI=1S/C17H22N4O2/c1-2-16-17(23-12-22-16)9-15(1)21-7-4-13(5-8-21)19-6-3-14-10-18-11-20-14/h1-2,9-11,13,19H,3-8,12H2,(H,18,20). The van der Waals surface area contributed by atoms with E-state index >= 15 is 0 Å². The number of hydrogen-bond donors (Lipinski definition) is 2. The highest BCUT2D eigenvalue weighted by molar-refractivity contribution is 5.57. The summed E-state index contributed by atoms with van der Waals surface area (Å²) in [6.45, 7) is 3.47. The molecule has 4 rings (SSSR count). The molecule has 1 fully saturated rings. The predicted octanol–water partition coefficient (Wildman–Crippen LogP) is 1.94. The van der Waals surface area contributed by atoms with Gasteiger partial charge in [-0.05, 0) is 25.0 Å². The van der Waals surface area contributed by atoms with Crippen LogP contribution in [0.5, 0.6) is 11.5 Å². The highest BCUT2D eigenvalue weighted by atomic mass is 16.7. The first-order valence-electron chi connectivity index (χ1n) is 8.24. The Morgan fingerprint density at radius 3 is 2.91 bits per heavy atom. The summed E-state index contributed by atoms with van der Waals surface area (Å²) in [4.78, 5) is 9.61. The second kappa shape index (κ2) is 6.50. The van der Waals surface area contributed by atoms with Gasteiger partial charge in [-0.25, -0.2) is 4.98 Å². The Hall–Kier alpha value is -2.21. The van der Waals surface area contributed by atoms with Gasteiger partial charge in [-0.3, -0.25) is 0 Å². The number of fused-ring (bicyclic) bond motifs is 1. The summed E-state index contributed by atoms with van der Waals surface area (Å²) >= 11 is 0. The Bertz CT molecular complexity index is 636. The zero-order chi connectivity index (χ0) is 15.5. The minimum Gasteiger partial charge on any atom is -0.454 e. The van der Waals surface area contributed by atoms with Gasteiger partial charge in [0.25, 0.3) is 0 Å². The second-order valence-electron chi connectivity index (χ2n) is 6.08. The number of H-pyrrole nitrogens is 1. The smallest absolute Gasteiger partial charge is 0.231 e. The molecule has 1 aromatic heterocycles. The second-order valence-corrected chi connectivity index (χ2v) is 6.08. The summed E-state index contributed by atoms with van der Waals surface area (Å²) in [5.41, 5.74) is 2.42. The first-order valence-corrected chi connectivity index (χ1v) is 8.24. The third-order valence-electron chi connectivity index (χ3n) is 4.60. The van der Waals surface area contributed by atoms with Crippen LogP contribution in [0.2, 0.25) is 0 Å². The SMILES string of the molecule is c1ncc(CCNC2CCN(c3ccc4c(c3)OCO4)CC2)[nH]1. The fraction of sp³-hybridized carbons (Fsp3) is 0.471. The van der Waals surface area contributed by atoms with E-state index in [2.05, 4.69) is 32.3 Å². The summed E-state index contributed by atoms with van der Waals surface area (Å²) in [6, 6.07) is 6.82. The van der Waals surface area contributed by atoms with Crippen molar-refractivity contribution in [3.05, 3.63) is 36.4 Å². The third kappa shape index (κ3) is 3.27. The van der Waals surface area contributed by atoms with Crippen molar-refractivity contribution >= 4 is 5.69 Å². The van der Waals surface area contributed by atoms with E-state index in [-0.39, 0.29) is 0 Å². The molecule has 122 valence electrons. The number of ether oxygens (including phenoxy) is 2. The monoisotopic (exact) mass is 314 g/mol. The van der Waals surface area contributed by atoms with Crippen molar-refractivity contribution in [2.24, 2.45) is 0 Å². The van der Waals surface area contributed by atoms with Crippen molar-refractivity contribution in [1.82, 2.24) is 15.3 Å². The molecule has 0 saturated carbocycles. The molecule has 6 heteroatoms. The summed E-state index contributed by atoms with van der Waals surface area (Å²) in [5, 5.41) is 3.65. The van der Waals surface area contributed by atoms with Crippen molar-refractivity contribution in [2.75, 3.05) is 31.3 Å². The van der Waals surface area contributed by atoms with E-state index in [1.54, 1.807) is 6.33 Å². The lowest BCUT2D eigenvalue weighted by molar-refractivity contribution is 0.174. The largest absolute Gasteiger partial charge is 0.454 e. The molecular formula is C17H22N4O2. The Kier molecular flexibility index (Phi) is 4.06. The number of rotatable bonds is 5. The molecule has 6 nitrogen and oxygen atoms in total. The lowest BCUT2D eigenvalue weighted by atomic mass is 10.0. The van der Waals surface area contributed by atoms with Crippen LogP contribution in [0, 0.1) is 0 Å². The molecule has 3 heterocycles. The molecule has 2 aliphatic heterocycles. The van der Waals surface area contributed by atoms with Gasteiger partial charge in [-0.1, -0.05) is 0 Å². The predicted molar refractivity (Wildman–Crippen MR) is 88.1 cm³/mol. The number of benzene rings is 1. The highest BCUT2D eigenvalue weighted by Crippen LogP contribution is 2.36. The van der Waals surface area contributed by atoms with Crippen molar-refractivity contribution in [3.8, 4) is 11.5 Å².